The molecule has 0 fully saturated rings. The van der Waals surface area contributed by atoms with Crippen molar-refractivity contribution in [3.05, 3.63) is 169 Å². The van der Waals surface area contributed by atoms with Crippen molar-refractivity contribution < 1.29 is 28.8 Å². The van der Waals surface area contributed by atoms with E-state index in [-0.39, 0.29) is 21.9 Å². The molecule has 2 nitrogen and oxygen atoms in total. The Labute approximate surface area is 295 Å². The van der Waals surface area contributed by atoms with E-state index >= 15 is 0 Å². The summed E-state index contributed by atoms with van der Waals surface area (Å²) in [7, 11) is 0. The first-order valence-electron chi connectivity index (χ1n) is 24.7. The van der Waals surface area contributed by atoms with Crippen LogP contribution in [0, 0.1) is 0 Å². The molecule has 10 rings (SSSR count). The Morgan fingerprint density at radius 2 is 1.02 bits per heavy atom. The number of aromatic nitrogens is 2. The second-order valence-electron chi connectivity index (χ2n) is 10.6. The molecular weight excluding hydrogens is 556 g/mol. The van der Waals surface area contributed by atoms with Crippen molar-refractivity contribution in [3.8, 4) is 22.5 Å². The second kappa shape index (κ2) is 9.69. The molecule has 0 radical (unpaired) electrons. The molecule has 0 bridgehead atoms. The van der Waals surface area contributed by atoms with Crippen LogP contribution in [0.2, 0.25) is 0 Å². The average molecular weight is 606 g/mol. The molecule has 214 valence electrons. The fraction of sp³-hybridized carbons (Fsp3) is 0. The summed E-state index contributed by atoms with van der Waals surface area (Å²) in [4.78, 5) is 0. The Morgan fingerprint density at radius 1 is 0.391 bits per heavy atom. The average Bonchev–Trinajstić information content (AvgIpc) is 3.84. The van der Waals surface area contributed by atoms with Crippen molar-refractivity contribution in [2.24, 2.45) is 0 Å². The van der Waals surface area contributed by atoms with Crippen LogP contribution in [0.5, 0.6) is 0 Å². The first-order valence-corrected chi connectivity index (χ1v) is 14.2. The van der Waals surface area contributed by atoms with Crippen molar-refractivity contribution in [1.29, 1.82) is 0 Å². The van der Waals surface area contributed by atoms with E-state index in [4.69, 9.17) is 15.1 Å². The Hall–Kier alpha value is -6.12. The summed E-state index contributed by atoms with van der Waals surface area (Å²) >= 11 is 0. The molecule has 0 saturated heterocycles. The van der Waals surface area contributed by atoms with Crippen LogP contribution in [-0.2, 0) is 0 Å². The van der Waals surface area contributed by atoms with E-state index in [0.717, 1.165) is 14.5 Å². The number of rotatable bonds is 3. The monoisotopic (exact) mass is 605 g/mol. The first kappa shape index (κ1) is 12.3. The third-order valence-corrected chi connectivity index (χ3v) is 8.09. The zero-order valence-electron chi connectivity index (χ0n) is 44.4. The summed E-state index contributed by atoms with van der Waals surface area (Å²) in [6, 6.07) is -3.68. The molecule has 0 aliphatic rings. The van der Waals surface area contributed by atoms with Gasteiger partial charge in [0.15, 0.2) is 0 Å². The number of benzene rings is 8. The van der Waals surface area contributed by atoms with Crippen LogP contribution < -0.4 is 0 Å². The van der Waals surface area contributed by atoms with E-state index in [1.165, 1.54) is 0 Å². The summed E-state index contributed by atoms with van der Waals surface area (Å²) in [6.07, 6.45) is 0. The fourth-order valence-corrected chi connectivity index (χ4v) is 6.10. The molecule has 0 amide bonds. The minimum Gasteiger partial charge on any atom is -0.309 e. The summed E-state index contributed by atoms with van der Waals surface area (Å²) in [5.41, 5.74) is -2.99. The minimum absolute atomic E-state index is 0.145. The second-order valence-corrected chi connectivity index (χ2v) is 10.6. The molecule has 0 spiro atoms. The maximum Gasteiger partial charge on any atom is 0.0651 e. The molecule has 2 heterocycles. The number of para-hydroxylation sites is 2. The lowest BCUT2D eigenvalue weighted by atomic mass is 10.0. The van der Waals surface area contributed by atoms with Gasteiger partial charge in [0.05, 0.1) is 50.9 Å². The van der Waals surface area contributed by atoms with Crippen LogP contribution in [0.3, 0.4) is 0 Å². The van der Waals surface area contributed by atoms with E-state index in [1.807, 2.05) is 12.1 Å². The molecule has 0 saturated carbocycles. The molecule has 0 unspecified atom stereocenters. The number of hydrogen-bond acceptors (Lipinski definition) is 0. The van der Waals surface area contributed by atoms with Crippen molar-refractivity contribution in [2.75, 3.05) is 0 Å². The molecule has 0 aliphatic carbocycles. The number of hydrogen-bond donors (Lipinski definition) is 0. The highest BCUT2D eigenvalue weighted by Crippen LogP contribution is 2.42. The molecule has 46 heavy (non-hydrogen) atoms. The van der Waals surface area contributed by atoms with Crippen molar-refractivity contribution in [3.63, 3.8) is 0 Å². The molecule has 2 aromatic heterocycles. The van der Waals surface area contributed by atoms with Gasteiger partial charge in [-0.25, -0.2) is 0 Å². The standard InChI is InChI=1S/C44H28N2/c1-3-12-31-26-34(21-20-29(31)10-1)33-14-9-15-35(28-33)45-39-18-7-5-16-37(39)43-41(45)24-25-42-44(43)38-17-6-8-19-40(38)46(42)36-23-22-30-11-2-4-13-32(30)27-36/h1-28H/i2D,4D,5D,6D,7D,8D,9D,11D,13D,14D,15D,16D,17D,18D,19D,22D,23D,24D,25D,27D,28D. The predicted octanol–water partition coefficient (Wildman–Crippen LogP) is 11.9. The molecule has 0 atom stereocenters. The van der Waals surface area contributed by atoms with Crippen LogP contribution >= 0.6 is 0 Å². The molecule has 2 heteroatoms. The Kier molecular flexibility index (Phi) is 2.60. The van der Waals surface area contributed by atoms with Gasteiger partial charge in [-0.2, -0.15) is 0 Å². The van der Waals surface area contributed by atoms with E-state index in [0.29, 0.717) is 5.39 Å². The van der Waals surface area contributed by atoms with Crippen LogP contribution in [0.25, 0.3) is 87.7 Å². The summed E-state index contributed by atoms with van der Waals surface area (Å²) < 4.78 is 192. The van der Waals surface area contributed by atoms with E-state index in [2.05, 4.69) is 0 Å². The van der Waals surface area contributed by atoms with Crippen LogP contribution in [0.1, 0.15) is 28.8 Å². The molecule has 10 aromatic rings. The fourth-order valence-electron chi connectivity index (χ4n) is 6.10. The lowest BCUT2D eigenvalue weighted by Crippen LogP contribution is -1.95. The zero-order valence-corrected chi connectivity index (χ0v) is 23.4. The van der Waals surface area contributed by atoms with Crippen LogP contribution in [-0.4, -0.2) is 9.13 Å². The maximum absolute atomic E-state index is 9.76. The Morgan fingerprint density at radius 3 is 1.76 bits per heavy atom. The van der Waals surface area contributed by atoms with Gasteiger partial charge in [-0.15, -0.1) is 0 Å². The van der Waals surface area contributed by atoms with Crippen LogP contribution in [0.15, 0.2) is 169 Å². The summed E-state index contributed by atoms with van der Waals surface area (Å²) in [5, 5.41) is -1.02. The highest BCUT2D eigenvalue weighted by molar-refractivity contribution is 6.29. The lowest BCUT2D eigenvalue weighted by Gasteiger charge is -2.12. The van der Waals surface area contributed by atoms with Gasteiger partial charge in [-0.3, -0.25) is 0 Å². The van der Waals surface area contributed by atoms with Gasteiger partial charge in [0, 0.05) is 32.9 Å². The number of nitrogens with zero attached hydrogens (tertiary/aromatic N) is 2. The third kappa shape index (κ3) is 3.65. The van der Waals surface area contributed by atoms with Crippen molar-refractivity contribution in [2.45, 2.75) is 0 Å². The quantitative estimate of drug-likeness (QED) is 0.190. The molecular formula is C44H28N2. The van der Waals surface area contributed by atoms with Gasteiger partial charge in [0.25, 0.3) is 0 Å². The molecule has 0 aliphatic heterocycles. The Balaban J connectivity index is 1.51. The van der Waals surface area contributed by atoms with E-state index in [9.17, 15) is 13.7 Å². The minimum atomic E-state index is -0.860. The number of fused-ring (bicyclic) bond motifs is 9. The van der Waals surface area contributed by atoms with Crippen molar-refractivity contribution >= 4 is 65.2 Å². The van der Waals surface area contributed by atoms with Gasteiger partial charge in [-0.05, 0) is 87.1 Å². The predicted molar refractivity (Wildman–Crippen MR) is 196 cm³/mol. The first-order chi connectivity index (χ1) is 31.6. The van der Waals surface area contributed by atoms with Gasteiger partial charge >= 0.3 is 0 Å². The topological polar surface area (TPSA) is 9.86 Å². The third-order valence-electron chi connectivity index (χ3n) is 8.09. The molecule has 0 N–H and O–H groups in total. The van der Waals surface area contributed by atoms with Gasteiger partial charge in [0.1, 0.15) is 0 Å². The SMILES string of the molecule is [2H]c1c([2H])c(-c2ccc3ccccc3c2)c([2H])c(-n2c3c([2H])c([2H])c([2H])c([2H])c3c3c4c5c([2H])c([2H])c([2H])c([2H])c5n(-c5c([2H])c([2H])c6c([2H])c([2H])c([2H])c([2H])c6c5[2H])c4c([2H])c([2H])c32)c1[2H]. The van der Waals surface area contributed by atoms with Crippen LogP contribution in [0.4, 0.5) is 0 Å². The highest BCUT2D eigenvalue weighted by atomic mass is 15.0. The summed E-state index contributed by atoms with van der Waals surface area (Å²) in [6.45, 7) is 0. The Bertz CT molecular complexity index is 4000. The molecule has 8 aromatic carbocycles. The summed E-state index contributed by atoms with van der Waals surface area (Å²) in [5.74, 6) is 0. The van der Waals surface area contributed by atoms with Crippen molar-refractivity contribution in [1.82, 2.24) is 9.13 Å². The van der Waals surface area contributed by atoms with E-state index in [1.54, 1.807) is 30.3 Å². The van der Waals surface area contributed by atoms with E-state index < -0.39 is 182 Å². The maximum atomic E-state index is 9.76. The smallest absolute Gasteiger partial charge is 0.0651 e. The lowest BCUT2D eigenvalue weighted by molar-refractivity contribution is 1.17. The largest absolute Gasteiger partial charge is 0.309 e. The zero-order chi connectivity index (χ0) is 48.5. The highest BCUT2D eigenvalue weighted by Gasteiger charge is 2.20. The van der Waals surface area contributed by atoms with Gasteiger partial charge in [-0.1, -0.05) is 115 Å². The normalized spacial score (nSPS) is 18.3. The van der Waals surface area contributed by atoms with Gasteiger partial charge < -0.3 is 9.13 Å². The van der Waals surface area contributed by atoms with Gasteiger partial charge in [0.2, 0.25) is 0 Å².